The molecule has 0 aromatic carbocycles. The second kappa shape index (κ2) is 7.35. The zero-order valence-electron chi connectivity index (χ0n) is 16.1. The summed E-state index contributed by atoms with van der Waals surface area (Å²) in [5, 5.41) is 4.35. The molecule has 1 unspecified atom stereocenters. The first-order valence-corrected chi connectivity index (χ1v) is 10.0. The van der Waals surface area contributed by atoms with Crippen LogP contribution in [0.2, 0.25) is 0 Å². The Kier molecular flexibility index (Phi) is 4.54. The molecule has 8 heteroatoms. The number of aromatic nitrogens is 5. The van der Waals surface area contributed by atoms with Crippen molar-refractivity contribution in [2.45, 2.75) is 37.5 Å². The Morgan fingerprint density at radius 1 is 1.21 bits per heavy atom. The molecule has 1 aliphatic heterocycles. The van der Waals surface area contributed by atoms with Gasteiger partial charge in [-0.3, -0.25) is 9.78 Å². The number of hydrogen-bond donors (Lipinski definition) is 0. The lowest BCUT2D eigenvalue weighted by Gasteiger charge is -2.41. The van der Waals surface area contributed by atoms with E-state index in [0.29, 0.717) is 42.1 Å². The predicted molar refractivity (Wildman–Crippen MR) is 104 cm³/mol. The van der Waals surface area contributed by atoms with Gasteiger partial charge < -0.3 is 9.42 Å². The molecule has 1 amide bonds. The number of nitrogens with zero attached hydrogens (tertiary/aromatic N) is 6. The molecule has 0 radical (unpaired) electrons. The molecular formula is C21H22N6O2. The fraction of sp³-hybridized carbons (Fsp3) is 0.429. The van der Waals surface area contributed by atoms with Crippen LogP contribution in [0.15, 0.2) is 47.5 Å². The number of pyridine rings is 1. The smallest absolute Gasteiger partial charge is 0.276 e. The van der Waals surface area contributed by atoms with Crippen molar-refractivity contribution in [3.63, 3.8) is 0 Å². The molecular weight excluding hydrogens is 368 g/mol. The summed E-state index contributed by atoms with van der Waals surface area (Å²) < 4.78 is 5.56. The van der Waals surface area contributed by atoms with Gasteiger partial charge >= 0.3 is 0 Å². The third-order valence-electron chi connectivity index (χ3n) is 5.83. The van der Waals surface area contributed by atoms with E-state index in [1.54, 1.807) is 18.5 Å². The number of carbonyl (C=O) groups excluding carboxylic acids is 1. The average molecular weight is 390 g/mol. The van der Waals surface area contributed by atoms with E-state index in [1.165, 1.54) is 19.2 Å². The van der Waals surface area contributed by atoms with Crippen LogP contribution in [0.3, 0.4) is 0 Å². The van der Waals surface area contributed by atoms with Crippen LogP contribution in [0.1, 0.15) is 48.4 Å². The van der Waals surface area contributed by atoms with Crippen LogP contribution in [-0.2, 0) is 5.41 Å². The van der Waals surface area contributed by atoms with Gasteiger partial charge in [0.25, 0.3) is 11.8 Å². The Morgan fingerprint density at radius 2 is 2.14 bits per heavy atom. The molecule has 148 valence electrons. The van der Waals surface area contributed by atoms with Gasteiger partial charge in [0.05, 0.1) is 5.41 Å². The largest absolute Gasteiger partial charge is 0.336 e. The van der Waals surface area contributed by atoms with E-state index in [9.17, 15) is 4.79 Å². The molecule has 2 fully saturated rings. The number of rotatable bonds is 5. The predicted octanol–water partition coefficient (Wildman–Crippen LogP) is 2.90. The van der Waals surface area contributed by atoms with Crippen molar-refractivity contribution < 1.29 is 9.32 Å². The zero-order chi connectivity index (χ0) is 19.7. The van der Waals surface area contributed by atoms with Crippen molar-refractivity contribution in [1.29, 1.82) is 0 Å². The monoisotopic (exact) mass is 390 g/mol. The van der Waals surface area contributed by atoms with Gasteiger partial charge in [0.2, 0.25) is 0 Å². The highest BCUT2D eigenvalue weighted by Gasteiger charge is 2.46. The molecule has 1 atom stereocenters. The normalized spacial score (nSPS) is 21.9. The molecule has 0 N–H and O–H groups in total. The topological polar surface area (TPSA) is 97.9 Å². The maximum absolute atomic E-state index is 13.0. The zero-order valence-corrected chi connectivity index (χ0v) is 16.1. The fourth-order valence-electron chi connectivity index (χ4n) is 4.23. The molecule has 2 aliphatic rings. The van der Waals surface area contributed by atoms with Crippen LogP contribution in [0.4, 0.5) is 0 Å². The second-order valence-corrected chi connectivity index (χ2v) is 7.99. The van der Waals surface area contributed by atoms with E-state index in [1.807, 2.05) is 23.1 Å². The van der Waals surface area contributed by atoms with Crippen molar-refractivity contribution >= 4 is 5.91 Å². The minimum absolute atomic E-state index is 0.0688. The van der Waals surface area contributed by atoms with Gasteiger partial charge in [-0.15, -0.1) is 0 Å². The summed E-state index contributed by atoms with van der Waals surface area (Å²) in [5.74, 6) is 1.71. The molecule has 8 nitrogen and oxygen atoms in total. The van der Waals surface area contributed by atoms with Gasteiger partial charge in [0.15, 0.2) is 5.82 Å². The van der Waals surface area contributed by atoms with Crippen LogP contribution in [0.5, 0.6) is 0 Å². The maximum atomic E-state index is 13.0. The lowest BCUT2D eigenvalue weighted by molar-refractivity contribution is 0.0601. The standard InChI is InChI=1S/C21H22N6O2/c28-19(17-7-10-22-14-24-17)27-11-3-8-21(13-27,12-15-5-6-15)20-25-18(29-26-20)16-4-1-2-9-23-16/h1-2,4,7,9-10,14-15H,3,5-6,8,11-13H2. The molecule has 29 heavy (non-hydrogen) atoms. The van der Waals surface area contributed by atoms with E-state index in [2.05, 4.69) is 20.1 Å². The minimum atomic E-state index is -0.293. The van der Waals surface area contributed by atoms with Gasteiger partial charge in [-0.1, -0.05) is 24.1 Å². The molecule has 4 heterocycles. The third-order valence-corrected chi connectivity index (χ3v) is 5.83. The second-order valence-electron chi connectivity index (χ2n) is 7.99. The molecule has 1 saturated carbocycles. The lowest BCUT2D eigenvalue weighted by Crippen LogP contribution is -2.49. The molecule has 3 aromatic heterocycles. The number of likely N-dealkylation sites (tertiary alicyclic amines) is 1. The highest BCUT2D eigenvalue weighted by Crippen LogP contribution is 2.46. The van der Waals surface area contributed by atoms with Crippen molar-refractivity contribution in [3.8, 4) is 11.6 Å². The number of carbonyl (C=O) groups is 1. The van der Waals surface area contributed by atoms with Crippen LogP contribution in [0.25, 0.3) is 11.6 Å². The van der Waals surface area contributed by atoms with E-state index in [0.717, 1.165) is 19.3 Å². The molecule has 0 bridgehead atoms. The van der Waals surface area contributed by atoms with Crippen molar-refractivity contribution in [1.82, 2.24) is 30.0 Å². The minimum Gasteiger partial charge on any atom is -0.336 e. The summed E-state index contributed by atoms with van der Waals surface area (Å²) in [4.78, 5) is 32.0. The summed E-state index contributed by atoms with van der Waals surface area (Å²) >= 11 is 0. The Balaban J connectivity index is 1.45. The van der Waals surface area contributed by atoms with E-state index >= 15 is 0 Å². The van der Waals surface area contributed by atoms with Gasteiger partial charge in [0, 0.05) is 25.5 Å². The quantitative estimate of drug-likeness (QED) is 0.660. The van der Waals surface area contributed by atoms with E-state index in [-0.39, 0.29) is 11.3 Å². The highest BCUT2D eigenvalue weighted by molar-refractivity contribution is 5.92. The third kappa shape index (κ3) is 3.62. The average Bonchev–Trinajstić information content (AvgIpc) is 3.44. The SMILES string of the molecule is O=C(c1ccncn1)N1CCCC(CC2CC2)(c2noc(-c3ccccn3)n2)C1. The van der Waals surface area contributed by atoms with Crippen LogP contribution in [-0.4, -0.2) is 49.0 Å². The highest BCUT2D eigenvalue weighted by atomic mass is 16.5. The first-order chi connectivity index (χ1) is 14.2. The van der Waals surface area contributed by atoms with E-state index < -0.39 is 0 Å². The Hall–Kier alpha value is -3.16. The maximum Gasteiger partial charge on any atom is 0.276 e. The fourth-order valence-corrected chi connectivity index (χ4v) is 4.23. The van der Waals surface area contributed by atoms with Crippen molar-refractivity contribution in [3.05, 3.63) is 54.5 Å². The Bertz CT molecular complexity index is 989. The summed E-state index contributed by atoms with van der Waals surface area (Å²) in [6.45, 7) is 1.29. The summed E-state index contributed by atoms with van der Waals surface area (Å²) in [6.07, 6.45) is 9.99. The molecule has 5 rings (SSSR count). The Labute approximate surface area is 168 Å². The van der Waals surface area contributed by atoms with Crippen molar-refractivity contribution in [2.24, 2.45) is 5.92 Å². The molecule has 3 aromatic rings. The summed E-state index contributed by atoms with van der Waals surface area (Å²) in [6, 6.07) is 7.27. The number of hydrogen-bond acceptors (Lipinski definition) is 7. The van der Waals surface area contributed by atoms with Gasteiger partial charge in [-0.2, -0.15) is 4.98 Å². The number of amides is 1. The van der Waals surface area contributed by atoms with Crippen LogP contribution >= 0.6 is 0 Å². The summed E-state index contributed by atoms with van der Waals surface area (Å²) in [7, 11) is 0. The van der Waals surface area contributed by atoms with E-state index in [4.69, 9.17) is 9.51 Å². The van der Waals surface area contributed by atoms with Gasteiger partial charge in [-0.25, -0.2) is 9.97 Å². The first-order valence-electron chi connectivity index (χ1n) is 10.0. The van der Waals surface area contributed by atoms with Crippen molar-refractivity contribution in [2.75, 3.05) is 13.1 Å². The summed E-state index contributed by atoms with van der Waals surface area (Å²) in [5.41, 5.74) is 0.792. The molecule has 1 saturated heterocycles. The van der Waals surface area contributed by atoms with Gasteiger partial charge in [0.1, 0.15) is 17.7 Å². The Morgan fingerprint density at radius 3 is 2.90 bits per heavy atom. The first kappa shape index (κ1) is 17.9. The molecule has 0 spiro atoms. The molecule has 1 aliphatic carbocycles. The number of piperidine rings is 1. The van der Waals surface area contributed by atoms with Gasteiger partial charge in [-0.05, 0) is 43.4 Å². The van der Waals surface area contributed by atoms with Crippen LogP contribution < -0.4 is 0 Å². The lowest BCUT2D eigenvalue weighted by atomic mass is 9.74. The van der Waals surface area contributed by atoms with Crippen LogP contribution in [0, 0.1) is 5.92 Å².